The highest BCUT2D eigenvalue weighted by Crippen LogP contribution is 2.63. The highest BCUT2D eigenvalue weighted by Gasteiger charge is 2.51. The summed E-state index contributed by atoms with van der Waals surface area (Å²) in [6.45, 7) is 0. The summed E-state index contributed by atoms with van der Waals surface area (Å²) in [5.74, 6) is 0. The van der Waals surface area contributed by atoms with Gasteiger partial charge in [0.1, 0.15) is 0 Å². The molecule has 50 heavy (non-hydrogen) atoms. The van der Waals surface area contributed by atoms with E-state index in [1.807, 2.05) is 0 Å². The fourth-order valence-corrected chi connectivity index (χ4v) is 9.24. The molecule has 0 N–H and O–H groups in total. The lowest BCUT2D eigenvalue weighted by molar-refractivity contribution is 0.750. The Kier molecular flexibility index (Phi) is 5.66. The average molecular weight is 634 g/mol. The Morgan fingerprint density at radius 2 is 0.880 bits per heavy atom. The Balaban J connectivity index is 1.30. The van der Waals surface area contributed by atoms with Gasteiger partial charge in [0.15, 0.2) is 0 Å². The van der Waals surface area contributed by atoms with Crippen molar-refractivity contribution in [3.63, 3.8) is 0 Å². The van der Waals surface area contributed by atoms with Gasteiger partial charge in [0, 0.05) is 10.8 Å². The molecule has 1 nitrogen and oxygen atoms in total. The topological polar surface area (TPSA) is 4.93 Å². The second kappa shape index (κ2) is 10.3. The zero-order valence-electron chi connectivity index (χ0n) is 27.3. The monoisotopic (exact) mass is 633 g/mol. The minimum Gasteiger partial charge on any atom is -0.309 e. The van der Waals surface area contributed by atoms with Crippen molar-refractivity contribution < 1.29 is 0 Å². The van der Waals surface area contributed by atoms with E-state index in [-0.39, 0.29) is 0 Å². The lowest BCUT2D eigenvalue weighted by Gasteiger charge is -2.40. The zero-order chi connectivity index (χ0) is 32.8. The van der Waals surface area contributed by atoms with Gasteiger partial charge in [0.2, 0.25) is 0 Å². The molecule has 0 saturated carbocycles. The third-order valence-electron chi connectivity index (χ3n) is 11.2. The molecule has 1 aliphatic carbocycles. The molecule has 1 unspecified atom stereocenters. The molecule has 1 aliphatic heterocycles. The smallest absolute Gasteiger partial charge is 0.0760 e. The first kappa shape index (κ1) is 27.5. The van der Waals surface area contributed by atoms with Crippen LogP contribution < -0.4 is 0 Å². The normalized spacial score (nSPS) is 15.3. The van der Waals surface area contributed by atoms with E-state index in [1.54, 1.807) is 0 Å². The lowest BCUT2D eigenvalue weighted by Crippen LogP contribution is -2.34. The van der Waals surface area contributed by atoms with Gasteiger partial charge in [-0.1, -0.05) is 158 Å². The molecule has 1 atom stereocenters. The largest absolute Gasteiger partial charge is 0.309 e. The van der Waals surface area contributed by atoms with E-state index in [0.29, 0.717) is 0 Å². The molecular formula is C49H31N. The second-order valence-electron chi connectivity index (χ2n) is 13.6. The maximum absolute atomic E-state index is 2.52. The van der Waals surface area contributed by atoms with Crippen LogP contribution in [0.5, 0.6) is 0 Å². The SMILES string of the molecule is c1ccc(-c2cc(-c3ccccc3)cc(-c3cccc4c3C3(c5ccccc5-4)c4ccccc4-n4c5ccccc5c5cccc3c54)c2)cc1. The van der Waals surface area contributed by atoms with Crippen LogP contribution >= 0.6 is 0 Å². The van der Waals surface area contributed by atoms with Crippen molar-refractivity contribution >= 4 is 21.8 Å². The van der Waals surface area contributed by atoms with Crippen LogP contribution in [0.15, 0.2) is 188 Å². The zero-order valence-corrected chi connectivity index (χ0v) is 27.3. The molecule has 1 spiro atoms. The quantitative estimate of drug-likeness (QED) is 0.182. The molecule has 1 heteroatoms. The predicted molar refractivity (Wildman–Crippen MR) is 208 cm³/mol. The first-order valence-corrected chi connectivity index (χ1v) is 17.4. The van der Waals surface area contributed by atoms with E-state index in [4.69, 9.17) is 0 Å². The van der Waals surface area contributed by atoms with Gasteiger partial charge in [0.25, 0.3) is 0 Å². The number of hydrogen-bond donors (Lipinski definition) is 0. The van der Waals surface area contributed by atoms with E-state index in [1.165, 1.54) is 94.3 Å². The summed E-state index contributed by atoms with van der Waals surface area (Å²) in [6, 6.07) is 69.8. The standard InChI is InChI=1S/C49H31N/c1-3-15-32(16-4-1)34-29-35(33-17-5-2-6-18-33)31-36(30-34)37-21-13-22-40-38-19-7-9-24-42(38)49(47(37)40)43-25-10-12-28-46(43)50-45-27-11-8-20-39(45)41-23-14-26-44(49)48(41)50/h1-31H. The van der Waals surface area contributed by atoms with E-state index < -0.39 is 5.41 Å². The Labute approximate surface area is 291 Å². The first-order valence-electron chi connectivity index (χ1n) is 17.4. The molecule has 232 valence electrons. The van der Waals surface area contributed by atoms with Crippen LogP contribution in [0.25, 0.3) is 72.0 Å². The van der Waals surface area contributed by atoms with Crippen molar-refractivity contribution in [1.29, 1.82) is 0 Å². The molecule has 0 amide bonds. The van der Waals surface area contributed by atoms with Gasteiger partial charge in [-0.2, -0.15) is 0 Å². The number of fused-ring (bicyclic) bond motifs is 12. The molecule has 9 aromatic rings. The van der Waals surface area contributed by atoms with Gasteiger partial charge in [-0.15, -0.1) is 0 Å². The number of aromatic nitrogens is 1. The highest BCUT2D eigenvalue weighted by atomic mass is 15.0. The van der Waals surface area contributed by atoms with Crippen LogP contribution in [-0.4, -0.2) is 4.57 Å². The minimum absolute atomic E-state index is 0.515. The molecule has 11 rings (SSSR count). The van der Waals surface area contributed by atoms with E-state index in [2.05, 4.69) is 193 Å². The minimum atomic E-state index is -0.515. The van der Waals surface area contributed by atoms with Crippen molar-refractivity contribution in [2.45, 2.75) is 5.41 Å². The van der Waals surface area contributed by atoms with Crippen molar-refractivity contribution in [3.8, 4) is 50.2 Å². The van der Waals surface area contributed by atoms with Crippen molar-refractivity contribution in [3.05, 3.63) is 210 Å². The molecule has 1 aromatic heterocycles. The van der Waals surface area contributed by atoms with Gasteiger partial charge < -0.3 is 4.57 Å². The van der Waals surface area contributed by atoms with Crippen LogP contribution in [0.3, 0.4) is 0 Å². The van der Waals surface area contributed by atoms with Crippen LogP contribution in [0.4, 0.5) is 0 Å². The average Bonchev–Trinajstić information content (AvgIpc) is 3.69. The fraction of sp³-hybridized carbons (Fsp3) is 0.0204. The Hall–Kier alpha value is -6.44. The number of benzene rings is 8. The van der Waals surface area contributed by atoms with Crippen molar-refractivity contribution in [2.75, 3.05) is 0 Å². The summed E-state index contributed by atoms with van der Waals surface area (Å²) in [5, 5.41) is 2.59. The number of para-hydroxylation sites is 3. The summed E-state index contributed by atoms with van der Waals surface area (Å²) >= 11 is 0. The third kappa shape index (κ3) is 3.56. The molecule has 0 fully saturated rings. The van der Waals surface area contributed by atoms with Crippen LogP contribution in [0, 0.1) is 0 Å². The molecule has 0 radical (unpaired) electrons. The molecular weight excluding hydrogens is 603 g/mol. The Bertz CT molecular complexity index is 2750. The maximum atomic E-state index is 2.52. The number of nitrogens with zero attached hydrogens (tertiary/aromatic N) is 1. The summed E-state index contributed by atoms with van der Waals surface area (Å²) < 4.78 is 2.52. The van der Waals surface area contributed by atoms with Crippen molar-refractivity contribution in [2.24, 2.45) is 0 Å². The van der Waals surface area contributed by atoms with Gasteiger partial charge in [-0.3, -0.25) is 0 Å². The fourth-order valence-electron chi connectivity index (χ4n) is 9.24. The van der Waals surface area contributed by atoms with Crippen molar-refractivity contribution in [1.82, 2.24) is 4.57 Å². The van der Waals surface area contributed by atoms with Gasteiger partial charge in [-0.05, 0) is 97.1 Å². The molecule has 8 aromatic carbocycles. The Morgan fingerprint density at radius 3 is 1.66 bits per heavy atom. The van der Waals surface area contributed by atoms with Crippen LogP contribution in [0.1, 0.15) is 22.3 Å². The van der Waals surface area contributed by atoms with Gasteiger partial charge >= 0.3 is 0 Å². The van der Waals surface area contributed by atoms with Crippen LogP contribution in [0.2, 0.25) is 0 Å². The molecule has 2 heterocycles. The molecule has 0 bridgehead atoms. The summed E-state index contributed by atoms with van der Waals surface area (Å²) in [6.07, 6.45) is 0. The van der Waals surface area contributed by atoms with E-state index in [0.717, 1.165) is 0 Å². The van der Waals surface area contributed by atoms with Gasteiger partial charge in [-0.25, -0.2) is 0 Å². The lowest BCUT2D eigenvalue weighted by atomic mass is 9.64. The highest BCUT2D eigenvalue weighted by molar-refractivity contribution is 6.13. The number of hydrogen-bond acceptors (Lipinski definition) is 0. The van der Waals surface area contributed by atoms with E-state index >= 15 is 0 Å². The van der Waals surface area contributed by atoms with Crippen LogP contribution in [-0.2, 0) is 5.41 Å². The summed E-state index contributed by atoms with van der Waals surface area (Å²) in [5.41, 5.74) is 18.6. The number of rotatable bonds is 3. The third-order valence-corrected chi connectivity index (χ3v) is 11.2. The summed E-state index contributed by atoms with van der Waals surface area (Å²) in [7, 11) is 0. The van der Waals surface area contributed by atoms with Gasteiger partial charge in [0.05, 0.1) is 22.1 Å². The maximum Gasteiger partial charge on any atom is 0.0760 e. The predicted octanol–water partition coefficient (Wildman–Crippen LogP) is 12.5. The van der Waals surface area contributed by atoms with E-state index in [9.17, 15) is 0 Å². The second-order valence-corrected chi connectivity index (χ2v) is 13.6. The molecule has 0 saturated heterocycles. The summed E-state index contributed by atoms with van der Waals surface area (Å²) in [4.78, 5) is 0. The first-order chi connectivity index (χ1) is 24.8. The molecule has 2 aliphatic rings. The Morgan fingerprint density at radius 1 is 0.340 bits per heavy atom.